The van der Waals surface area contributed by atoms with Gasteiger partial charge in [0.2, 0.25) is 0 Å². The van der Waals surface area contributed by atoms with E-state index in [1.165, 1.54) is 7.05 Å². The molecule has 0 atom stereocenters. The van der Waals surface area contributed by atoms with Crippen LogP contribution >= 0.6 is 0 Å². The van der Waals surface area contributed by atoms with Crippen LogP contribution in [0.25, 0.3) is 0 Å². The van der Waals surface area contributed by atoms with E-state index in [0.29, 0.717) is 0 Å². The van der Waals surface area contributed by atoms with E-state index in [4.69, 9.17) is 0 Å². The Bertz CT molecular complexity index is 234. The second kappa shape index (κ2) is 4.04. The van der Waals surface area contributed by atoms with Crippen molar-refractivity contribution in [1.29, 1.82) is 0 Å². The monoisotopic (exact) mass is 189 g/mol. The Morgan fingerprint density at radius 3 is 2.18 bits per heavy atom. The summed E-state index contributed by atoms with van der Waals surface area (Å²) in [7, 11) is 1.25. The van der Waals surface area contributed by atoms with Crippen LogP contribution in [0.2, 0.25) is 0 Å². The maximum absolute atomic E-state index is 11.8. The molecule has 1 heterocycles. The molecular formula is C3H4BF3KN3. The first-order valence-corrected chi connectivity index (χ1v) is 2.55. The third-order valence-corrected chi connectivity index (χ3v) is 1.04. The van der Waals surface area contributed by atoms with Gasteiger partial charge in [0.05, 0.1) is 5.72 Å². The Hall–Kier alpha value is 0.631. The molecular weight excluding hydrogens is 185 g/mol. The Labute approximate surface area is 104 Å². The zero-order valence-corrected chi connectivity index (χ0v) is 9.25. The number of aromatic nitrogens is 3. The summed E-state index contributed by atoms with van der Waals surface area (Å²) in [5, 5.41) is 6.00. The molecule has 0 aliphatic rings. The minimum Gasteiger partial charge on any atom is -0.443 e. The van der Waals surface area contributed by atoms with E-state index in [1.54, 1.807) is 0 Å². The molecule has 0 aliphatic carbocycles. The molecule has 1 aromatic rings. The van der Waals surface area contributed by atoms with Gasteiger partial charge in [0.15, 0.2) is 0 Å². The predicted molar refractivity (Wildman–Crippen MR) is 29.7 cm³/mol. The molecule has 0 fully saturated rings. The molecule has 0 N–H and O–H groups in total. The normalized spacial score (nSPS) is 10.9. The van der Waals surface area contributed by atoms with Crippen molar-refractivity contribution in [2.24, 2.45) is 7.05 Å². The van der Waals surface area contributed by atoms with Gasteiger partial charge in [0, 0.05) is 7.05 Å². The van der Waals surface area contributed by atoms with E-state index in [1.807, 2.05) is 0 Å². The minimum absolute atomic E-state index is 0. The van der Waals surface area contributed by atoms with Crippen molar-refractivity contribution in [3.05, 3.63) is 6.33 Å². The molecule has 0 aromatic carbocycles. The average molecular weight is 189 g/mol. The van der Waals surface area contributed by atoms with Gasteiger partial charge < -0.3 is 17.5 Å². The zero-order chi connectivity index (χ0) is 7.78. The number of nitrogens with zero attached hydrogens (tertiary/aromatic N) is 3. The van der Waals surface area contributed by atoms with Crippen LogP contribution in [0.5, 0.6) is 0 Å². The number of rotatable bonds is 1. The Balaban J connectivity index is 0.000001000. The third kappa shape index (κ3) is 2.86. The van der Waals surface area contributed by atoms with Crippen LogP contribution in [-0.2, 0) is 7.05 Å². The van der Waals surface area contributed by atoms with Crippen molar-refractivity contribution in [3.8, 4) is 0 Å². The predicted octanol–water partition coefficient (Wildman–Crippen LogP) is -3.13. The molecule has 8 heteroatoms. The quantitative estimate of drug-likeness (QED) is 0.437. The Kier molecular flexibility index (Phi) is 4.27. The van der Waals surface area contributed by atoms with Crippen molar-refractivity contribution in [2.75, 3.05) is 0 Å². The van der Waals surface area contributed by atoms with Gasteiger partial charge >= 0.3 is 58.4 Å². The zero-order valence-electron chi connectivity index (χ0n) is 6.13. The van der Waals surface area contributed by atoms with Crippen molar-refractivity contribution in [2.45, 2.75) is 0 Å². The summed E-state index contributed by atoms with van der Waals surface area (Å²) in [5.41, 5.74) is -0.917. The smallest absolute Gasteiger partial charge is 0.443 e. The molecule has 0 bridgehead atoms. The number of hydrogen-bond donors (Lipinski definition) is 0. The number of hydrogen-bond acceptors (Lipinski definition) is 2. The third-order valence-electron chi connectivity index (χ3n) is 1.04. The van der Waals surface area contributed by atoms with Crippen LogP contribution in [0, 0.1) is 0 Å². The van der Waals surface area contributed by atoms with Crippen LogP contribution in [0.4, 0.5) is 12.9 Å². The molecule has 0 radical (unpaired) electrons. The number of aryl methyl sites for hydroxylation is 1. The topological polar surface area (TPSA) is 30.7 Å². The number of halogens is 3. The fourth-order valence-corrected chi connectivity index (χ4v) is 0.588. The van der Waals surface area contributed by atoms with E-state index in [9.17, 15) is 12.9 Å². The van der Waals surface area contributed by atoms with E-state index >= 15 is 0 Å². The van der Waals surface area contributed by atoms with Crippen molar-refractivity contribution >= 4 is 12.7 Å². The molecule has 0 amide bonds. The Morgan fingerprint density at radius 1 is 1.45 bits per heavy atom. The summed E-state index contributed by atoms with van der Waals surface area (Å²) in [6, 6.07) is 0. The summed E-state index contributed by atoms with van der Waals surface area (Å²) in [5.74, 6) is 0. The van der Waals surface area contributed by atoms with Crippen molar-refractivity contribution in [3.63, 3.8) is 0 Å². The summed E-state index contributed by atoms with van der Waals surface area (Å²) in [4.78, 5) is 0. The second-order valence-electron chi connectivity index (χ2n) is 1.87. The summed E-state index contributed by atoms with van der Waals surface area (Å²) >= 11 is 0. The summed E-state index contributed by atoms with van der Waals surface area (Å²) in [6.07, 6.45) is 1.02. The average Bonchev–Trinajstić information content (AvgIpc) is 2.11. The summed E-state index contributed by atoms with van der Waals surface area (Å²) in [6.45, 7) is -5.00. The van der Waals surface area contributed by atoms with Crippen LogP contribution in [0.15, 0.2) is 6.33 Å². The van der Waals surface area contributed by atoms with Gasteiger partial charge in [-0.05, 0) is 0 Å². The van der Waals surface area contributed by atoms with Gasteiger partial charge in [-0.15, -0.1) is 5.10 Å². The molecule has 11 heavy (non-hydrogen) atoms. The van der Waals surface area contributed by atoms with Gasteiger partial charge in [-0.2, -0.15) is 5.10 Å². The van der Waals surface area contributed by atoms with Crippen molar-refractivity contribution < 1.29 is 64.3 Å². The van der Waals surface area contributed by atoms with E-state index in [-0.39, 0.29) is 51.4 Å². The molecule has 0 saturated carbocycles. The van der Waals surface area contributed by atoms with Crippen LogP contribution < -0.4 is 57.1 Å². The second-order valence-corrected chi connectivity index (χ2v) is 1.87. The van der Waals surface area contributed by atoms with Crippen LogP contribution in [0.1, 0.15) is 0 Å². The van der Waals surface area contributed by atoms with Gasteiger partial charge in [0.25, 0.3) is 0 Å². The molecule has 0 spiro atoms. The first kappa shape index (κ1) is 11.6. The van der Waals surface area contributed by atoms with Gasteiger partial charge in [-0.1, -0.05) is 0 Å². The molecule has 1 aromatic heterocycles. The van der Waals surface area contributed by atoms with Crippen LogP contribution in [0.3, 0.4) is 0 Å². The first-order chi connectivity index (χ1) is 4.52. The molecule has 0 unspecified atom stereocenters. The molecule has 1 rings (SSSR count). The largest absolute Gasteiger partial charge is 1.00 e. The van der Waals surface area contributed by atoms with Gasteiger partial charge in [-0.25, -0.2) is 0 Å². The molecule has 3 nitrogen and oxygen atoms in total. The summed E-state index contributed by atoms with van der Waals surface area (Å²) < 4.78 is 36.3. The van der Waals surface area contributed by atoms with Gasteiger partial charge in [0.1, 0.15) is 6.33 Å². The van der Waals surface area contributed by atoms with Crippen molar-refractivity contribution in [1.82, 2.24) is 14.8 Å². The van der Waals surface area contributed by atoms with Crippen LogP contribution in [-0.4, -0.2) is 21.7 Å². The maximum Gasteiger partial charge on any atom is 1.00 e. The fraction of sp³-hybridized carbons (Fsp3) is 0.333. The minimum atomic E-state index is -5.00. The van der Waals surface area contributed by atoms with E-state index in [2.05, 4.69) is 10.2 Å². The fourth-order valence-electron chi connectivity index (χ4n) is 0.588. The van der Waals surface area contributed by atoms with E-state index in [0.717, 1.165) is 10.9 Å². The maximum atomic E-state index is 11.8. The van der Waals surface area contributed by atoms with Gasteiger partial charge in [-0.3, -0.25) is 0 Å². The Morgan fingerprint density at radius 2 is 2.00 bits per heavy atom. The molecule has 56 valence electrons. The van der Waals surface area contributed by atoms with E-state index < -0.39 is 12.7 Å². The SMILES string of the molecule is Cn1cnnc1[B-](F)(F)F.[K+]. The molecule has 0 aliphatic heterocycles. The molecule has 0 saturated heterocycles. The first-order valence-electron chi connectivity index (χ1n) is 2.55. The standard InChI is InChI=1S/C3H4BF3N3.K/c1-10-2-8-9-3(10)4(5,6)7;/h2H,1H3;/q-1;+1.